The van der Waals surface area contributed by atoms with Crippen LogP contribution in [0.15, 0.2) is 18.2 Å². The standard InChI is InChI=1S/C14H17FO3/c1-3-18-13(16)10-7-11(9-12(15)8-10)14(17-2)5-4-6-14/h7-9H,3-6H2,1-2H3. The molecular formula is C14H17FO3. The Kier molecular flexibility index (Phi) is 3.66. The van der Waals surface area contributed by atoms with Gasteiger partial charge in [0.2, 0.25) is 0 Å². The zero-order chi connectivity index (χ0) is 13.2. The van der Waals surface area contributed by atoms with Crippen LogP contribution in [-0.2, 0) is 15.1 Å². The molecule has 0 amide bonds. The molecule has 4 heteroatoms. The van der Waals surface area contributed by atoms with E-state index in [-0.39, 0.29) is 12.2 Å². The highest BCUT2D eigenvalue weighted by Crippen LogP contribution is 2.44. The van der Waals surface area contributed by atoms with Gasteiger partial charge in [0.25, 0.3) is 0 Å². The highest BCUT2D eigenvalue weighted by atomic mass is 19.1. The Labute approximate surface area is 106 Å². The van der Waals surface area contributed by atoms with E-state index in [0.717, 1.165) is 24.8 Å². The molecule has 0 saturated heterocycles. The molecular weight excluding hydrogens is 235 g/mol. The van der Waals surface area contributed by atoms with E-state index in [1.807, 2.05) is 0 Å². The average Bonchev–Trinajstić information content (AvgIpc) is 2.28. The van der Waals surface area contributed by atoms with Crippen LogP contribution in [0.1, 0.15) is 42.1 Å². The van der Waals surface area contributed by atoms with Crippen molar-refractivity contribution in [1.82, 2.24) is 0 Å². The lowest BCUT2D eigenvalue weighted by molar-refractivity contribution is -0.0780. The minimum atomic E-state index is -0.496. The molecule has 1 aromatic rings. The number of hydrogen-bond donors (Lipinski definition) is 0. The number of methoxy groups -OCH3 is 1. The maximum atomic E-state index is 13.6. The van der Waals surface area contributed by atoms with Crippen molar-refractivity contribution in [3.63, 3.8) is 0 Å². The molecule has 0 spiro atoms. The minimum absolute atomic E-state index is 0.246. The molecule has 0 atom stereocenters. The van der Waals surface area contributed by atoms with Crippen molar-refractivity contribution >= 4 is 5.97 Å². The van der Waals surface area contributed by atoms with Crippen molar-refractivity contribution in [3.8, 4) is 0 Å². The molecule has 0 bridgehead atoms. The van der Waals surface area contributed by atoms with E-state index in [0.29, 0.717) is 0 Å². The Morgan fingerprint density at radius 2 is 2.11 bits per heavy atom. The fraction of sp³-hybridized carbons (Fsp3) is 0.500. The molecule has 0 N–H and O–H groups in total. The van der Waals surface area contributed by atoms with Gasteiger partial charge in [0.15, 0.2) is 0 Å². The maximum Gasteiger partial charge on any atom is 0.338 e. The Morgan fingerprint density at radius 3 is 2.61 bits per heavy atom. The second-order valence-electron chi connectivity index (χ2n) is 4.50. The maximum absolute atomic E-state index is 13.6. The summed E-state index contributed by atoms with van der Waals surface area (Å²) in [4.78, 5) is 11.6. The van der Waals surface area contributed by atoms with Gasteiger partial charge in [-0.2, -0.15) is 0 Å². The van der Waals surface area contributed by atoms with Crippen LogP contribution in [0.2, 0.25) is 0 Å². The van der Waals surface area contributed by atoms with Gasteiger partial charge in [-0.25, -0.2) is 9.18 Å². The Morgan fingerprint density at radius 1 is 1.39 bits per heavy atom. The van der Waals surface area contributed by atoms with Crippen molar-refractivity contribution in [2.24, 2.45) is 0 Å². The minimum Gasteiger partial charge on any atom is -0.462 e. The number of benzene rings is 1. The summed E-state index contributed by atoms with van der Waals surface area (Å²) < 4.78 is 24.0. The van der Waals surface area contributed by atoms with Gasteiger partial charge in [0, 0.05) is 7.11 Å². The van der Waals surface area contributed by atoms with Crippen LogP contribution in [0.3, 0.4) is 0 Å². The van der Waals surface area contributed by atoms with Crippen LogP contribution < -0.4 is 0 Å². The van der Waals surface area contributed by atoms with Crippen molar-refractivity contribution in [3.05, 3.63) is 35.1 Å². The summed E-state index contributed by atoms with van der Waals surface area (Å²) in [6, 6.07) is 4.30. The normalized spacial score (nSPS) is 17.1. The molecule has 1 saturated carbocycles. The van der Waals surface area contributed by atoms with Crippen LogP contribution >= 0.6 is 0 Å². The summed E-state index contributed by atoms with van der Waals surface area (Å²) in [6.07, 6.45) is 2.77. The second-order valence-corrected chi connectivity index (χ2v) is 4.50. The molecule has 98 valence electrons. The van der Waals surface area contributed by atoms with Crippen molar-refractivity contribution < 1.29 is 18.7 Å². The summed E-state index contributed by atoms with van der Waals surface area (Å²) in [7, 11) is 1.62. The first-order chi connectivity index (χ1) is 8.61. The van der Waals surface area contributed by atoms with Crippen LogP contribution in [-0.4, -0.2) is 19.7 Å². The molecule has 0 unspecified atom stereocenters. The summed E-state index contributed by atoms with van der Waals surface area (Å²) in [5.74, 6) is -0.928. The number of hydrogen-bond acceptors (Lipinski definition) is 3. The molecule has 1 aliphatic carbocycles. The summed E-state index contributed by atoms with van der Waals surface area (Å²) >= 11 is 0. The SMILES string of the molecule is CCOC(=O)c1cc(F)cc(C2(OC)CCC2)c1. The molecule has 1 aromatic carbocycles. The summed E-state index contributed by atoms with van der Waals surface area (Å²) in [5.41, 5.74) is 0.540. The highest BCUT2D eigenvalue weighted by Gasteiger charge is 2.39. The molecule has 3 nitrogen and oxygen atoms in total. The summed E-state index contributed by atoms with van der Waals surface area (Å²) in [6.45, 7) is 2.00. The lowest BCUT2D eigenvalue weighted by atomic mass is 9.74. The lowest BCUT2D eigenvalue weighted by Crippen LogP contribution is -2.36. The molecule has 0 radical (unpaired) electrons. The van der Waals surface area contributed by atoms with Gasteiger partial charge in [-0.3, -0.25) is 0 Å². The van der Waals surface area contributed by atoms with E-state index in [2.05, 4.69) is 0 Å². The first-order valence-electron chi connectivity index (χ1n) is 6.14. The fourth-order valence-electron chi connectivity index (χ4n) is 2.29. The van der Waals surface area contributed by atoms with Crippen LogP contribution in [0.25, 0.3) is 0 Å². The first kappa shape index (κ1) is 13.0. The third kappa shape index (κ3) is 2.25. The third-order valence-corrected chi connectivity index (χ3v) is 3.49. The van der Waals surface area contributed by atoms with E-state index in [1.165, 1.54) is 12.1 Å². The van der Waals surface area contributed by atoms with Gasteiger partial charge in [0.05, 0.1) is 17.8 Å². The topological polar surface area (TPSA) is 35.5 Å². The van der Waals surface area contributed by atoms with Gasteiger partial charge in [-0.15, -0.1) is 0 Å². The molecule has 0 aromatic heterocycles. The highest BCUT2D eigenvalue weighted by molar-refractivity contribution is 5.89. The van der Waals surface area contributed by atoms with Crippen molar-refractivity contribution in [2.75, 3.05) is 13.7 Å². The van der Waals surface area contributed by atoms with E-state index in [1.54, 1.807) is 20.1 Å². The van der Waals surface area contributed by atoms with E-state index >= 15 is 0 Å². The number of ether oxygens (including phenoxy) is 2. The predicted octanol–water partition coefficient (Wildman–Crippen LogP) is 3.03. The van der Waals surface area contributed by atoms with E-state index in [4.69, 9.17) is 9.47 Å². The molecule has 1 aliphatic rings. The summed E-state index contributed by atoms with van der Waals surface area (Å²) in [5, 5.41) is 0. The fourth-order valence-corrected chi connectivity index (χ4v) is 2.29. The smallest absolute Gasteiger partial charge is 0.338 e. The number of esters is 1. The molecule has 2 rings (SSSR count). The number of halogens is 1. The number of carbonyl (C=O) groups excluding carboxylic acids is 1. The zero-order valence-electron chi connectivity index (χ0n) is 10.7. The lowest BCUT2D eigenvalue weighted by Gasteiger charge is -2.41. The molecule has 1 fully saturated rings. The molecule has 0 heterocycles. The first-order valence-corrected chi connectivity index (χ1v) is 6.14. The Bertz CT molecular complexity index is 447. The zero-order valence-corrected chi connectivity index (χ0v) is 10.7. The molecule has 18 heavy (non-hydrogen) atoms. The van der Waals surface area contributed by atoms with Crippen LogP contribution in [0, 0.1) is 5.82 Å². The monoisotopic (exact) mass is 252 g/mol. The van der Waals surface area contributed by atoms with Gasteiger partial charge in [-0.1, -0.05) is 0 Å². The largest absolute Gasteiger partial charge is 0.462 e. The predicted molar refractivity (Wildman–Crippen MR) is 64.9 cm³/mol. The van der Waals surface area contributed by atoms with Gasteiger partial charge >= 0.3 is 5.97 Å². The van der Waals surface area contributed by atoms with Gasteiger partial charge in [0.1, 0.15) is 5.82 Å². The van der Waals surface area contributed by atoms with Crippen molar-refractivity contribution in [2.45, 2.75) is 31.8 Å². The third-order valence-electron chi connectivity index (χ3n) is 3.49. The van der Waals surface area contributed by atoms with Gasteiger partial charge < -0.3 is 9.47 Å². The molecule has 0 aliphatic heterocycles. The van der Waals surface area contributed by atoms with Gasteiger partial charge in [-0.05, 0) is 49.9 Å². The Balaban J connectivity index is 2.35. The Hall–Kier alpha value is -1.42. The van der Waals surface area contributed by atoms with Crippen molar-refractivity contribution in [1.29, 1.82) is 0 Å². The van der Waals surface area contributed by atoms with E-state index in [9.17, 15) is 9.18 Å². The number of carbonyl (C=O) groups is 1. The quantitative estimate of drug-likeness (QED) is 0.773. The number of rotatable bonds is 4. The second kappa shape index (κ2) is 5.06. The van der Waals surface area contributed by atoms with Crippen LogP contribution in [0.5, 0.6) is 0 Å². The van der Waals surface area contributed by atoms with Crippen LogP contribution in [0.4, 0.5) is 4.39 Å². The average molecular weight is 252 g/mol. The van der Waals surface area contributed by atoms with E-state index < -0.39 is 17.4 Å².